The molecule has 11 nitrogen and oxygen atoms in total. The van der Waals surface area contributed by atoms with Gasteiger partial charge in [0.05, 0.1) is 0 Å². The lowest BCUT2D eigenvalue weighted by Gasteiger charge is -2.38. The standard InChI is InChI=1S/C26H43N5O6/c1-24(2,3)18(30-23(36)37-25(4,5)6)22(35)31-12-14-16(26(14,7)8)17(31)21(34)29-15(19(27)32)11-13-9-10-28-20(13)33/h13-18H,9-12H2,1-8H3,(H2,27,32)(H,28,33)(H,29,34)(H,30,36)/t13-,14-,15-,16-,17-,18+/m0/s1. The third-order valence-electron chi connectivity index (χ3n) is 7.88. The predicted molar refractivity (Wildman–Crippen MR) is 136 cm³/mol. The van der Waals surface area contributed by atoms with Crippen LogP contribution in [-0.2, 0) is 23.9 Å². The van der Waals surface area contributed by atoms with Gasteiger partial charge in [-0.1, -0.05) is 34.6 Å². The summed E-state index contributed by atoms with van der Waals surface area (Å²) in [5.74, 6) is -2.14. The van der Waals surface area contributed by atoms with Crippen molar-refractivity contribution in [2.24, 2.45) is 34.3 Å². The Kier molecular flexibility index (Phi) is 7.60. The van der Waals surface area contributed by atoms with Gasteiger partial charge in [0.25, 0.3) is 0 Å². The van der Waals surface area contributed by atoms with Gasteiger partial charge in [0.1, 0.15) is 23.7 Å². The molecule has 0 aromatic heterocycles. The molecular weight excluding hydrogens is 478 g/mol. The Morgan fingerprint density at radius 2 is 1.76 bits per heavy atom. The van der Waals surface area contributed by atoms with Crippen molar-refractivity contribution in [3.63, 3.8) is 0 Å². The molecule has 0 spiro atoms. The Balaban J connectivity index is 1.81. The molecule has 208 valence electrons. The zero-order valence-electron chi connectivity index (χ0n) is 23.3. The van der Waals surface area contributed by atoms with Crippen LogP contribution in [0.1, 0.15) is 68.2 Å². The van der Waals surface area contributed by atoms with Gasteiger partial charge >= 0.3 is 6.09 Å². The number of hydrogen-bond donors (Lipinski definition) is 4. The van der Waals surface area contributed by atoms with Crippen molar-refractivity contribution in [2.75, 3.05) is 13.1 Å². The lowest BCUT2D eigenvalue weighted by Crippen LogP contribution is -2.60. The lowest BCUT2D eigenvalue weighted by atomic mass is 9.85. The van der Waals surface area contributed by atoms with E-state index in [1.165, 1.54) is 4.90 Å². The third kappa shape index (κ3) is 6.18. The number of carbonyl (C=O) groups excluding carboxylic acids is 5. The van der Waals surface area contributed by atoms with E-state index in [0.717, 1.165) is 0 Å². The van der Waals surface area contributed by atoms with Gasteiger partial charge < -0.3 is 31.3 Å². The predicted octanol–water partition coefficient (Wildman–Crippen LogP) is 0.905. The fourth-order valence-corrected chi connectivity index (χ4v) is 5.71. The number of likely N-dealkylation sites (tertiary alicyclic amines) is 1. The number of fused-ring (bicyclic) bond motifs is 1. The molecule has 3 fully saturated rings. The molecule has 3 aliphatic rings. The number of amides is 5. The number of hydrogen-bond acceptors (Lipinski definition) is 6. The number of primary amides is 1. The highest BCUT2D eigenvalue weighted by Crippen LogP contribution is 2.65. The van der Waals surface area contributed by atoms with Crippen LogP contribution < -0.4 is 21.7 Å². The fourth-order valence-electron chi connectivity index (χ4n) is 5.71. The first-order chi connectivity index (χ1) is 16.8. The average molecular weight is 522 g/mol. The van der Waals surface area contributed by atoms with Gasteiger partial charge in [-0.15, -0.1) is 0 Å². The molecule has 5 N–H and O–H groups in total. The summed E-state index contributed by atoms with van der Waals surface area (Å²) in [6.07, 6.45) is -0.0425. The van der Waals surface area contributed by atoms with Crippen LogP contribution in [0.4, 0.5) is 4.79 Å². The molecule has 11 heteroatoms. The third-order valence-corrected chi connectivity index (χ3v) is 7.88. The molecule has 1 aliphatic carbocycles. The first-order valence-corrected chi connectivity index (χ1v) is 13.0. The number of rotatable bonds is 7. The molecule has 3 rings (SSSR count). The maximum atomic E-state index is 13.9. The molecule has 5 amide bonds. The van der Waals surface area contributed by atoms with Gasteiger partial charge in [0, 0.05) is 19.0 Å². The first-order valence-electron chi connectivity index (χ1n) is 13.0. The highest BCUT2D eigenvalue weighted by Gasteiger charge is 2.70. The molecule has 37 heavy (non-hydrogen) atoms. The summed E-state index contributed by atoms with van der Waals surface area (Å²) in [6.45, 7) is 15.7. The number of nitrogens with two attached hydrogens (primary N) is 1. The number of carbonyl (C=O) groups is 5. The quantitative estimate of drug-likeness (QED) is 0.389. The molecule has 0 bridgehead atoms. The van der Waals surface area contributed by atoms with Crippen molar-refractivity contribution in [3.8, 4) is 0 Å². The number of nitrogens with zero attached hydrogens (tertiary/aromatic N) is 1. The van der Waals surface area contributed by atoms with Crippen LogP contribution in [0, 0.1) is 28.6 Å². The van der Waals surface area contributed by atoms with Crippen LogP contribution in [0.3, 0.4) is 0 Å². The molecule has 0 unspecified atom stereocenters. The summed E-state index contributed by atoms with van der Waals surface area (Å²) in [6, 6.07) is -2.79. The van der Waals surface area contributed by atoms with Gasteiger partial charge in [0.2, 0.25) is 23.6 Å². The van der Waals surface area contributed by atoms with Crippen LogP contribution in [0.15, 0.2) is 0 Å². The summed E-state index contributed by atoms with van der Waals surface area (Å²) in [5.41, 5.74) is 4.03. The van der Waals surface area contributed by atoms with E-state index in [9.17, 15) is 24.0 Å². The van der Waals surface area contributed by atoms with E-state index in [2.05, 4.69) is 29.8 Å². The second-order valence-electron chi connectivity index (χ2n) is 13.3. The van der Waals surface area contributed by atoms with E-state index in [-0.39, 0.29) is 35.5 Å². The van der Waals surface area contributed by atoms with Crippen LogP contribution >= 0.6 is 0 Å². The van der Waals surface area contributed by atoms with E-state index >= 15 is 0 Å². The van der Waals surface area contributed by atoms with Crippen molar-refractivity contribution in [1.29, 1.82) is 0 Å². The smallest absolute Gasteiger partial charge is 0.408 e. The van der Waals surface area contributed by atoms with Gasteiger partial charge in [0.15, 0.2) is 0 Å². The fraction of sp³-hybridized carbons (Fsp3) is 0.808. The highest BCUT2D eigenvalue weighted by atomic mass is 16.6. The largest absolute Gasteiger partial charge is 0.444 e. The Labute approximate surface area is 219 Å². The lowest BCUT2D eigenvalue weighted by molar-refractivity contribution is -0.144. The minimum atomic E-state index is -1.03. The topological polar surface area (TPSA) is 160 Å². The minimum Gasteiger partial charge on any atom is -0.444 e. The van der Waals surface area contributed by atoms with E-state index in [1.807, 2.05) is 20.8 Å². The monoisotopic (exact) mass is 521 g/mol. The number of alkyl carbamates (subject to hydrolysis) is 1. The first kappa shape index (κ1) is 28.7. The number of nitrogens with one attached hydrogen (secondary N) is 3. The van der Waals surface area contributed by atoms with Crippen LogP contribution in [-0.4, -0.2) is 71.4 Å². The zero-order valence-corrected chi connectivity index (χ0v) is 23.3. The van der Waals surface area contributed by atoms with Gasteiger partial charge in [-0.2, -0.15) is 0 Å². The van der Waals surface area contributed by atoms with E-state index in [0.29, 0.717) is 19.5 Å². The molecule has 0 radical (unpaired) electrons. The Bertz CT molecular complexity index is 965. The van der Waals surface area contributed by atoms with Crippen molar-refractivity contribution in [1.82, 2.24) is 20.9 Å². The molecule has 0 aromatic rings. The van der Waals surface area contributed by atoms with Crippen molar-refractivity contribution < 1.29 is 28.7 Å². The normalized spacial score (nSPS) is 28.0. The summed E-state index contributed by atoms with van der Waals surface area (Å²) in [7, 11) is 0. The van der Waals surface area contributed by atoms with Crippen LogP contribution in [0.25, 0.3) is 0 Å². The van der Waals surface area contributed by atoms with E-state index in [1.54, 1.807) is 20.8 Å². The molecular formula is C26H43N5O6. The van der Waals surface area contributed by atoms with Crippen molar-refractivity contribution in [3.05, 3.63) is 0 Å². The second kappa shape index (κ2) is 9.79. The molecule has 2 aliphatic heterocycles. The van der Waals surface area contributed by atoms with Crippen molar-refractivity contribution in [2.45, 2.75) is 92.0 Å². The maximum absolute atomic E-state index is 13.9. The molecule has 0 aromatic carbocycles. The van der Waals surface area contributed by atoms with Crippen LogP contribution in [0.2, 0.25) is 0 Å². The van der Waals surface area contributed by atoms with Crippen molar-refractivity contribution >= 4 is 29.7 Å². The van der Waals surface area contributed by atoms with E-state index in [4.69, 9.17) is 10.5 Å². The Hall–Kier alpha value is -2.85. The molecule has 2 heterocycles. The van der Waals surface area contributed by atoms with Crippen LogP contribution in [0.5, 0.6) is 0 Å². The average Bonchev–Trinajstić information content (AvgIpc) is 3.08. The molecule has 2 saturated heterocycles. The minimum absolute atomic E-state index is 0.0955. The highest BCUT2D eigenvalue weighted by molar-refractivity contribution is 5.95. The number of piperidine rings is 1. The van der Waals surface area contributed by atoms with E-state index < -0.39 is 53.0 Å². The second-order valence-corrected chi connectivity index (χ2v) is 13.3. The summed E-state index contributed by atoms with van der Waals surface area (Å²) in [4.78, 5) is 65.8. The zero-order chi connectivity index (χ0) is 28.1. The Morgan fingerprint density at radius 1 is 1.14 bits per heavy atom. The van der Waals surface area contributed by atoms with Gasteiger partial charge in [-0.05, 0) is 56.3 Å². The van der Waals surface area contributed by atoms with Gasteiger partial charge in [-0.3, -0.25) is 19.2 Å². The maximum Gasteiger partial charge on any atom is 0.408 e. The SMILES string of the molecule is CC(C)(C)OC(=O)N[C@H](C(=O)N1C[C@H]2[C@@H]([C@H]1C(=O)N[C@@H](C[C@@H]1CCNC1=O)C(N)=O)C2(C)C)C(C)(C)C. The molecule has 6 atom stereocenters. The number of ether oxygens (including phenoxy) is 1. The Morgan fingerprint density at radius 3 is 2.24 bits per heavy atom. The summed E-state index contributed by atoms with van der Waals surface area (Å²) >= 11 is 0. The molecule has 1 saturated carbocycles. The summed E-state index contributed by atoms with van der Waals surface area (Å²) in [5, 5.41) is 8.17. The van der Waals surface area contributed by atoms with Gasteiger partial charge in [-0.25, -0.2) is 4.79 Å². The summed E-state index contributed by atoms with van der Waals surface area (Å²) < 4.78 is 5.38.